The van der Waals surface area contributed by atoms with Gasteiger partial charge in [-0.3, -0.25) is 14.4 Å². The van der Waals surface area contributed by atoms with Crippen LogP contribution in [0.25, 0.3) is 0 Å². The summed E-state index contributed by atoms with van der Waals surface area (Å²) in [5.74, 6) is -1.56. The van der Waals surface area contributed by atoms with Gasteiger partial charge >= 0.3 is 0 Å². The van der Waals surface area contributed by atoms with E-state index in [2.05, 4.69) is 5.32 Å². The van der Waals surface area contributed by atoms with Crippen LogP contribution in [-0.2, 0) is 21.4 Å². The molecule has 1 aliphatic heterocycles. The van der Waals surface area contributed by atoms with Crippen LogP contribution in [0.1, 0.15) is 45.7 Å². The summed E-state index contributed by atoms with van der Waals surface area (Å²) < 4.78 is 27.4. The van der Waals surface area contributed by atoms with E-state index in [0.29, 0.717) is 21.7 Å². The number of amides is 1. The molecule has 0 saturated carbocycles. The molecule has 2 aromatic carbocycles. The number of benzene rings is 2. The molecule has 182 valence electrons. The van der Waals surface area contributed by atoms with Crippen LogP contribution in [0.3, 0.4) is 0 Å². The standard InChI is InChI=1S/C25H24N2O6S2/c1-15(2)22(20(29)14-28)27-13-19-12-21(34-25(19)35(27,32)33)26-24(31)18-10-6-9-17(11-18)23(30)16-7-4-3-5-8-16/h3-12,15,22,28H,13-14H2,1-2H3,(H,26,31). The van der Waals surface area contributed by atoms with Crippen molar-refractivity contribution in [3.63, 3.8) is 0 Å². The van der Waals surface area contributed by atoms with Gasteiger partial charge in [0.1, 0.15) is 10.8 Å². The maximum absolute atomic E-state index is 13.1. The lowest BCUT2D eigenvalue weighted by Crippen LogP contribution is -2.46. The van der Waals surface area contributed by atoms with Crippen molar-refractivity contribution in [3.05, 3.63) is 82.9 Å². The van der Waals surface area contributed by atoms with Crippen molar-refractivity contribution in [1.82, 2.24) is 4.31 Å². The van der Waals surface area contributed by atoms with Crippen molar-refractivity contribution in [2.75, 3.05) is 11.9 Å². The van der Waals surface area contributed by atoms with Crippen LogP contribution < -0.4 is 5.32 Å². The number of carbonyl (C=O) groups excluding carboxylic acids is 3. The molecule has 0 aliphatic carbocycles. The molecule has 3 aromatic rings. The van der Waals surface area contributed by atoms with Crippen LogP contribution in [0.2, 0.25) is 0 Å². The van der Waals surface area contributed by atoms with E-state index in [-0.39, 0.29) is 28.0 Å². The van der Waals surface area contributed by atoms with E-state index < -0.39 is 34.4 Å². The molecule has 0 saturated heterocycles. The van der Waals surface area contributed by atoms with Crippen LogP contribution in [0, 0.1) is 5.92 Å². The van der Waals surface area contributed by atoms with Gasteiger partial charge in [0.05, 0.1) is 11.0 Å². The Labute approximate surface area is 207 Å². The van der Waals surface area contributed by atoms with Crippen molar-refractivity contribution < 1.29 is 27.9 Å². The Bertz CT molecular complexity index is 1400. The average molecular weight is 513 g/mol. The normalized spacial score (nSPS) is 15.5. The summed E-state index contributed by atoms with van der Waals surface area (Å²) in [6.07, 6.45) is 0. The number of thiophene rings is 1. The molecule has 2 heterocycles. The van der Waals surface area contributed by atoms with Gasteiger partial charge in [0.15, 0.2) is 11.6 Å². The Morgan fingerprint density at radius 1 is 1.00 bits per heavy atom. The van der Waals surface area contributed by atoms with Gasteiger partial charge in [-0.1, -0.05) is 56.3 Å². The van der Waals surface area contributed by atoms with Gasteiger partial charge in [-0.15, -0.1) is 11.3 Å². The van der Waals surface area contributed by atoms with Gasteiger partial charge in [-0.2, -0.15) is 4.31 Å². The van der Waals surface area contributed by atoms with Crippen molar-refractivity contribution in [2.45, 2.75) is 30.6 Å². The van der Waals surface area contributed by atoms with E-state index >= 15 is 0 Å². The van der Waals surface area contributed by atoms with E-state index in [0.717, 1.165) is 15.6 Å². The molecule has 0 spiro atoms. The number of Topliss-reactive ketones (excluding diaryl/α,β-unsaturated/α-hetero) is 1. The Balaban J connectivity index is 1.53. The van der Waals surface area contributed by atoms with E-state index in [1.165, 1.54) is 6.07 Å². The first-order chi connectivity index (χ1) is 16.6. The molecule has 1 amide bonds. The number of rotatable bonds is 8. The maximum Gasteiger partial charge on any atom is 0.256 e. The van der Waals surface area contributed by atoms with Gasteiger partial charge < -0.3 is 10.4 Å². The molecule has 1 aromatic heterocycles. The fraction of sp³-hybridized carbons (Fsp3) is 0.240. The first kappa shape index (κ1) is 24.9. The lowest BCUT2D eigenvalue weighted by molar-refractivity contribution is -0.126. The molecule has 10 heteroatoms. The van der Waals surface area contributed by atoms with Crippen molar-refractivity contribution in [2.24, 2.45) is 5.92 Å². The zero-order chi connectivity index (χ0) is 25.3. The van der Waals surface area contributed by atoms with Gasteiger partial charge in [-0.25, -0.2) is 8.42 Å². The number of anilines is 1. The van der Waals surface area contributed by atoms with Crippen molar-refractivity contribution >= 4 is 43.8 Å². The number of ketones is 2. The number of hydrogen-bond donors (Lipinski definition) is 2. The lowest BCUT2D eigenvalue weighted by Gasteiger charge is -2.27. The van der Waals surface area contributed by atoms with Crippen LogP contribution >= 0.6 is 11.3 Å². The number of aliphatic hydroxyl groups is 1. The van der Waals surface area contributed by atoms with Crippen molar-refractivity contribution in [1.29, 1.82) is 0 Å². The van der Waals surface area contributed by atoms with Gasteiger partial charge in [0.25, 0.3) is 15.9 Å². The first-order valence-corrected chi connectivity index (χ1v) is 13.2. The summed E-state index contributed by atoms with van der Waals surface area (Å²) in [5, 5.41) is 12.3. The minimum atomic E-state index is -3.95. The van der Waals surface area contributed by atoms with Gasteiger partial charge in [0, 0.05) is 28.8 Å². The molecule has 2 N–H and O–H groups in total. The van der Waals surface area contributed by atoms with Gasteiger partial charge in [0.2, 0.25) is 0 Å². The second-order valence-electron chi connectivity index (χ2n) is 8.52. The molecule has 8 nitrogen and oxygen atoms in total. The van der Waals surface area contributed by atoms with E-state index in [1.54, 1.807) is 62.4 Å². The van der Waals surface area contributed by atoms with Gasteiger partial charge in [-0.05, 0) is 24.1 Å². The summed E-state index contributed by atoms with van der Waals surface area (Å²) in [6.45, 7) is 2.69. The highest BCUT2D eigenvalue weighted by Gasteiger charge is 2.44. The number of hydrogen-bond acceptors (Lipinski definition) is 7. The molecule has 0 fully saturated rings. The number of sulfonamides is 1. The van der Waals surface area contributed by atoms with E-state index in [4.69, 9.17) is 0 Å². The molecular weight excluding hydrogens is 488 g/mol. The Morgan fingerprint density at radius 2 is 1.66 bits per heavy atom. The largest absolute Gasteiger partial charge is 0.389 e. The third-order valence-electron chi connectivity index (χ3n) is 5.73. The SMILES string of the molecule is CC(C)C(C(=O)CO)N1Cc2cc(NC(=O)c3cccc(C(=O)c4ccccc4)c3)sc2S1(=O)=O. The molecule has 1 unspecified atom stereocenters. The van der Waals surface area contributed by atoms with Crippen LogP contribution in [0.15, 0.2) is 64.9 Å². The fourth-order valence-electron chi connectivity index (χ4n) is 4.11. The van der Waals surface area contributed by atoms with Crippen LogP contribution in [-0.4, -0.2) is 48.0 Å². The Morgan fingerprint density at radius 3 is 2.29 bits per heavy atom. The molecular formula is C25H24N2O6S2. The Hall–Kier alpha value is -3.18. The molecule has 4 rings (SSSR count). The zero-order valence-electron chi connectivity index (χ0n) is 19.1. The van der Waals surface area contributed by atoms with Crippen LogP contribution in [0.5, 0.6) is 0 Å². The van der Waals surface area contributed by atoms with Crippen LogP contribution in [0.4, 0.5) is 5.00 Å². The Kier molecular flexibility index (Phi) is 7.00. The number of aliphatic hydroxyl groups excluding tert-OH is 1. The second-order valence-corrected chi connectivity index (χ2v) is 11.7. The summed E-state index contributed by atoms with van der Waals surface area (Å²) in [6, 6.07) is 15.7. The minimum absolute atomic E-state index is 0.0142. The molecule has 0 radical (unpaired) electrons. The lowest BCUT2D eigenvalue weighted by atomic mass is 10.00. The summed E-state index contributed by atoms with van der Waals surface area (Å²) in [5.41, 5.74) is 1.62. The zero-order valence-corrected chi connectivity index (χ0v) is 20.7. The van der Waals surface area contributed by atoms with E-state index in [1.807, 2.05) is 6.07 Å². The molecule has 1 atom stereocenters. The molecule has 35 heavy (non-hydrogen) atoms. The summed E-state index contributed by atoms with van der Waals surface area (Å²) >= 11 is 0.909. The predicted octanol–water partition coefficient (Wildman–Crippen LogP) is 3.32. The highest BCUT2D eigenvalue weighted by Crippen LogP contribution is 2.41. The summed E-state index contributed by atoms with van der Waals surface area (Å²) in [7, 11) is -3.95. The quantitative estimate of drug-likeness (QED) is 0.447. The predicted molar refractivity (Wildman–Crippen MR) is 132 cm³/mol. The molecule has 1 aliphatic rings. The minimum Gasteiger partial charge on any atom is -0.389 e. The smallest absolute Gasteiger partial charge is 0.256 e. The third-order valence-corrected chi connectivity index (χ3v) is 9.20. The fourth-order valence-corrected chi connectivity index (χ4v) is 7.52. The number of nitrogens with zero attached hydrogens (tertiary/aromatic N) is 1. The molecule has 0 bridgehead atoms. The number of fused-ring (bicyclic) bond motifs is 1. The highest BCUT2D eigenvalue weighted by atomic mass is 32.2. The van der Waals surface area contributed by atoms with E-state index in [9.17, 15) is 27.9 Å². The van der Waals surface area contributed by atoms with Crippen molar-refractivity contribution in [3.8, 4) is 0 Å². The number of nitrogens with one attached hydrogen (secondary N) is 1. The monoisotopic (exact) mass is 512 g/mol. The first-order valence-electron chi connectivity index (χ1n) is 10.9. The topological polar surface area (TPSA) is 121 Å². The summed E-state index contributed by atoms with van der Waals surface area (Å²) in [4.78, 5) is 37.8. The average Bonchev–Trinajstić information content (AvgIpc) is 3.35. The maximum atomic E-state index is 13.1. The number of carbonyl (C=O) groups is 3. The second kappa shape index (κ2) is 9.82. The highest BCUT2D eigenvalue weighted by molar-refractivity contribution is 7.91. The third kappa shape index (κ3) is 4.83.